The van der Waals surface area contributed by atoms with Crippen LogP contribution < -0.4 is 0 Å². The summed E-state index contributed by atoms with van der Waals surface area (Å²) in [6.07, 6.45) is 0. The van der Waals surface area contributed by atoms with E-state index in [1.807, 2.05) is 0 Å². The Morgan fingerprint density at radius 2 is 1.62 bits per heavy atom. The van der Waals surface area contributed by atoms with E-state index in [9.17, 15) is 19.7 Å². The van der Waals surface area contributed by atoms with E-state index < -0.39 is 28.1 Å². The predicted octanol–water partition coefficient (Wildman–Crippen LogP) is 2.66. The van der Waals surface area contributed by atoms with Crippen molar-refractivity contribution in [3.63, 3.8) is 0 Å². The van der Waals surface area contributed by atoms with Crippen LogP contribution in [-0.2, 0) is 0 Å². The third kappa shape index (κ3) is 2.86. The van der Waals surface area contributed by atoms with E-state index in [-0.39, 0.29) is 5.56 Å². The minimum absolute atomic E-state index is 0.0393. The third-order valence-electron chi connectivity index (χ3n) is 2.87. The number of carboxylic acids is 2. The average Bonchev–Trinajstić information content (AvgIpc) is 2.46. The van der Waals surface area contributed by atoms with E-state index >= 15 is 0 Å². The molecule has 0 aliphatic carbocycles. The third-order valence-corrected chi connectivity index (χ3v) is 2.87. The maximum absolute atomic E-state index is 10.9. The highest BCUT2D eigenvalue weighted by molar-refractivity contribution is 5.94. The summed E-state index contributed by atoms with van der Waals surface area (Å²) in [5.74, 6) is -2.51. The molecule has 0 aliphatic heterocycles. The molecule has 0 aliphatic rings. The summed E-state index contributed by atoms with van der Waals surface area (Å²) in [6.45, 7) is 0. The molecule has 2 rings (SSSR count). The molecule has 0 radical (unpaired) electrons. The predicted molar refractivity (Wildman–Crippen MR) is 72.5 cm³/mol. The molecule has 0 fully saturated rings. The monoisotopic (exact) mass is 287 g/mol. The van der Waals surface area contributed by atoms with Crippen molar-refractivity contribution in [2.24, 2.45) is 0 Å². The van der Waals surface area contributed by atoms with E-state index in [1.54, 1.807) is 6.07 Å². The molecular weight excluding hydrogens is 278 g/mol. The molecule has 0 aromatic heterocycles. The van der Waals surface area contributed by atoms with Gasteiger partial charge in [0.25, 0.3) is 5.69 Å². The first-order valence-corrected chi connectivity index (χ1v) is 5.75. The Bertz CT molecular complexity index is 753. The van der Waals surface area contributed by atoms with Gasteiger partial charge in [-0.3, -0.25) is 10.1 Å². The summed E-state index contributed by atoms with van der Waals surface area (Å²) in [5.41, 5.74) is -0.0962. The Kier molecular flexibility index (Phi) is 3.66. The molecule has 21 heavy (non-hydrogen) atoms. The smallest absolute Gasteiger partial charge is 0.342 e. The van der Waals surface area contributed by atoms with Gasteiger partial charge in [0.05, 0.1) is 10.5 Å². The first-order chi connectivity index (χ1) is 9.90. The van der Waals surface area contributed by atoms with Crippen LogP contribution in [-0.4, -0.2) is 27.1 Å². The molecule has 0 atom stereocenters. The normalized spacial score (nSPS) is 10.1. The summed E-state index contributed by atoms with van der Waals surface area (Å²) in [7, 11) is 0. The number of nitro groups is 1. The van der Waals surface area contributed by atoms with Crippen LogP contribution in [0.25, 0.3) is 11.1 Å². The zero-order valence-corrected chi connectivity index (χ0v) is 10.5. The Morgan fingerprint density at radius 3 is 2.19 bits per heavy atom. The Labute approximate surface area is 118 Å². The van der Waals surface area contributed by atoms with Crippen LogP contribution in [0.15, 0.2) is 42.5 Å². The first-order valence-electron chi connectivity index (χ1n) is 5.75. The molecule has 2 N–H and O–H groups in total. The lowest BCUT2D eigenvalue weighted by Crippen LogP contribution is -2.02. The molecular formula is C14H9NO6. The molecule has 0 saturated carbocycles. The van der Waals surface area contributed by atoms with Crippen LogP contribution in [0, 0.1) is 10.1 Å². The largest absolute Gasteiger partial charge is 0.478 e. The van der Waals surface area contributed by atoms with Gasteiger partial charge in [-0.2, -0.15) is 0 Å². The summed E-state index contributed by atoms with van der Waals surface area (Å²) >= 11 is 0. The number of nitrogens with zero attached hydrogens (tertiary/aromatic N) is 1. The zero-order valence-electron chi connectivity index (χ0n) is 10.5. The maximum Gasteiger partial charge on any atom is 0.342 e. The maximum atomic E-state index is 10.9. The number of carbonyl (C=O) groups is 2. The lowest BCUT2D eigenvalue weighted by Gasteiger charge is -2.05. The van der Waals surface area contributed by atoms with Gasteiger partial charge >= 0.3 is 11.9 Å². The van der Waals surface area contributed by atoms with Crippen molar-refractivity contribution in [2.45, 2.75) is 0 Å². The van der Waals surface area contributed by atoms with Gasteiger partial charge in [-0.05, 0) is 29.3 Å². The molecule has 0 unspecified atom stereocenters. The second kappa shape index (κ2) is 5.41. The van der Waals surface area contributed by atoms with Crippen LogP contribution in [0.3, 0.4) is 0 Å². The number of aromatic carboxylic acids is 2. The second-order valence-electron chi connectivity index (χ2n) is 4.18. The Hall–Kier alpha value is -3.22. The number of benzene rings is 2. The van der Waals surface area contributed by atoms with E-state index in [2.05, 4.69) is 0 Å². The summed E-state index contributed by atoms with van der Waals surface area (Å²) in [6, 6.07) is 9.50. The zero-order chi connectivity index (χ0) is 15.6. The fourth-order valence-corrected chi connectivity index (χ4v) is 1.87. The van der Waals surface area contributed by atoms with Crippen molar-refractivity contribution in [1.82, 2.24) is 0 Å². The van der Waals surface area contributed by atoms with Gasteiger partial charge in [0.1, 0.15) is 5.56 Å². The molecule has 0 spiro atoms. The van der Waals surface area contributed by atoms with Gasteiger partial charge in [-0.1, -0.05) is 18.2 Å². The lowest BCUT2D eigenvalue weighted by molar-refractivity contribution is -0.385. The number of hydrogen-bond acceptors (Lipinski definition) is 4. The van der Waals surface area contributed by atoms with E-state index in [4.69, 9.17) is 10.2 Å². The van der Waals surface area contributed by atoms with Crippen molar-refractivity contribution < 1.29 is 24.7 Å². The van der Waals surface area contributed by atoms with Gasteiger partial charge in [0, 0.05) is 6.07 Å². The second-order valence-corrected chi connectivity index (χ2v) is 4.18. The number of nitro benzene ring substituents is 1. The van der Waals surface area contributed by atoms with Crippen LogP contribution in [0.1, 0.15) is 20.7 Å². The minimum atomic E-state index is -1.40. The van der Waals surface area contributed by atoms with Crippen molar-refractivity contribution >= 4 is 17.6 Å². The Morgan fingerprint density at radius 1 is 0.952 bits per heavy atom. The molecule has 0 heterocycles. The molecule has 2 aromatic rings. The van der Waals surface area contributed by atoms with Gasteiger partial charge in [-0.25, -0.2) is 9.59 Å². The first kappa shape index (κ1) is 14.2. The van der Waals surface area contributed by atoms with Crippen LogP contribution in [0.5, 0.6) is 0 Å². The number of carboxylic acid groups (broad SMARTS) is 2. The standard InChI is InChI=1S/C14H9NO6/c16-13(17)10-3-1-2-8(6-10)9-4-5-11(14(18)19)12(7-9)15(20)21/h1-7H,(H,16,17)(H,18,19). The minimum Gasteiger partial charge on any atom is -0.478 e. The number of hydrogen-bond donors (Lipinski definition) is 2. The van der Waals surface area contributed by atoms with Gasteiger partial charge in [0.15, 0.2) is 0 Å². The van der Waals surface area contributed by atoms with Crippen LogP contribution in [0.4, 0.5) is 5.69 Å². The van der Waals surface area contributed by atoms with Gasteiger partial charge < -0.3 is 10.2 Å². The fourth-order valence-electron chi connectivity index (χ4n) is 1.87. The molecule has 0 saturated heterocycles. The van der Waals surface area contributed by atoms with E-state index in [0.717, 1.165) is 12.1 Å². The fraction of sp³-hybridized carbons (Fsp3) is 0. The van der Waals surface area contributed by atoms with Crippen molar-refractivity contribution in [3.8, 4) is 11.1 Å². The summed E-state index contributed by atoms with van der Waals surface area (Å²) < 4.78 is 0. The van der Waals surface area contributed by atoms with Crippen LogP contribution in [0.2, 0.25) is 0 Å². The van der Waals surface area contributed by atoms with Gasteiger partial charge in [-0.15, -0.1) is 0 Å². The SMILES string of the molecule is O=C(O)c1cccc(-c2ccc(C(=O)O)c([N+](=O)[O-])c2)c1. The van der Waals surface area contributed by atoms with Crippen molar-refractivity contribution in [2.75, 3.05) is 0 Å². The topological polar surface area (TPSA) is 118 Å². The average molecular weight is 287 g/mol. The summed E-state index contributed by atoms with van der Waals surface area (Å²) in [5, 5.41) is 28.8. The van der Waals surface area contributed by atoms with Crippen molar-refractivity contribution in [3.05, 3.63) is 63.7 Å². The van der Waals surface area contributed by atoms with E-state index in [0.29, 0.717) is 11.1 Å². The van der Waals surface area contributed by atoms with E-state index in [1.165, 1.54) is 24.3 Å². The molecule has 0 amide bonds. The van der Waals surface area contributed by atoms with Gasteiger partial charge in [0.2, 0.25) is 0 Å². The van der Waals surface area contributed by atoms with Crippen molar-refractivity contribution in [1.29, 1.82) is 0 Å². The molecule has 7 heteroatoms. The summed E-state index contributed by atoms with van der Waals surface area (Å²) in [4.78, 5) is 32.0. The highest BCUT2D eigenvalue weighted by atomic mass is 16.6. The highest BCUT2D eigenvalue weighted by Gasteiger charge is 2.20. The molecule has 106 valence electrons. The van der Waals surface area contributed by atoms with Crippen LogP contribution >= 0.6 is 0 Å². The number of rotatable bonds is 4. The molecule has 2 aromatic carbocycles. The lowest BCUT2D eigenvalue weighted by atomic mass is 10.0. The molecule has 7 nitrogen and oxygen atoms in total. The molecule has 0 bridgehead atoms. The Balaban J connectivity index is 2.58. The highest BCUT2D eigenvalue weighted by Crippen LogP contribution is 2.27. The quantitative estimate of drug-likeness (QED) is 0.659.